The number of hydrogen-bond acceptors (Lipinski definition) is 5. The molecule has 1 aromatic heterocycles. The summed E-state index contributed by atoms with van der Waals surface area (Å²) in [6, 6.07) is 25.8. The molecule has 236 valence electrons. The maximum absolute atomic E-state index is 14.2. The predicted octanol–water partition coefficient (Wildman–Crippen LogP) is 8.72. The van der Waals surface area contributed by atoms with E-state index in [0.29, 0.717) is 31.4 Å². The first-order chi connectivity index (χ1) is 21.5. The SMILES string of the molecule is CC(=O)C[C@H]1C[C@@H](CCn2c(-c3ccc(F)cc3)c(-c3ccccc3)c(C(=O)OCc3ccccc3)c2C(C)C)OC(C)(C)O1. The molecule has 6 nitrogen and oxygen atoms in total. The van der Waals surface area contributed by atoms with Crippen molar-refractivity contribution in [2.75, 3.05) is 0 Å². The van der Waals surface area contributed by atoms with Crippen LogP contribution in [0.4, 0.5) is 4.39 Å². The van der Waals surface area contributed by atoms with Crippen LogP contribution in [-0.4, -0.2) is 34.3 Å². The standard InChI is InChI=1S/C38H42FNO5/c1-25(2)35-34(37(42)43-24-27-12-8-6-9-13-27)33(28-14-10-7-11-15-28)36(29-16-18-30(39)19-17-29)40(35)21-20-31-23-32(22-26(3)41)45-38(4,5)44-31/h6-19,25,31-32H,20-24H2,1-5H3/t31-,32+/m1/s1. The minimum absolute atomic E-state index is 0.0431. The number of esters is 1. The average molecular weight is 612 g/mol. The second-order valence-electron chi connectivity index (χ2n) is 12.5. The maximum Gasteiger partial charge on any atom is 0.340 e. The Kier molecular flexibility index (Phi) is 10.0. The van der Waals surface area contributed by atoms with E-state index in [1.54, 1.807) is 19.1 Å². The van der Waals surface area contributed by atoms with Gasteiger partial charge in [-0.3, -0.25) is 4.79 Å². The summed E-state index contributed by atoms with van der Waals surface area (Å²) in [5, 5.41) is 0. The molecule has 0 radical (unpaired) electrons. The Bertz CT molecular complexity index is 1610. The number of ketones is 1. The quantitative estimate of drug-likeness (QED) is 0.159. The molecule has 2 heterocycles. The van der Waals surface area contributed by atoms with Gasteiger partial charge in [0.15, 0.2) is 5.79 Å². The van der Waals surface area contributed by atoms with Crippen molar-refractivity contribution in [2.45, 2.75) is 90.9 Å². The molecule has 3 aromatic carbocycles. The van der Waals surface area contributed by atoms with Crippen molar-refractivity contribution >= 4 is 11.8 Å². The van der Waals surface area contributed by atoms with Crippen molar-refractivity contribution in [3.05, 3.63) is 108 Å². The van der Waals surface area contributed by atoms with Gasteiger partial charge in [-0.05, 0) is 74.1 Å². The number of benzene rings is 3. The molecule has 1 saturated heterocycles. The highest BCUT2D eigenvalue weighted by molar-refractivity contribution is 6.04. The molecule has 0 N–H and O–H groups in total. The number of rotatable bonds is 11. The number of ether oxygens (including phenoxy) is 3. The van der Waals surface area contributed by atoms with Crippen molar-refractivity contribution in [3.63, 3.8) is 0 Å². The molecule has 2 atom stereocenters. The van der Waals surface area contributed by atoms with Crippen LogP contribution in [0.1, 0.15) is 81.4 Å². The summed E-state index contributed by atoms with van der Waals surface area (Å²) in [4.78, 5) is 26.1. The second kappa shape index (κ2) is 13.9. The summed E-state index contributed by atoms with van der Waals surface area (Å²) in [6.07, 6.45) is 1.14. The predicted molar refractivity (Wildman–Crippen MR) is 173 cm³/mol. The molecule has 4 aromatic rings. The molecule has 1 aliphatic heterocycles. The molecule has 0 spiro atoms. The average Bonchev–Trinajstić information content (AvgIpc) is 3.34. The highest BCUT2D eigenvalue weighted by atomic mass is 19.1. The van der Waals surface area contributed by atoms with Crippen LogP contribution in [0, 0.1) is 5.82 Å². The number of carbonyl (C=O) groups is 2. The Labute approximate surface area is 265 Å². The van der Waals surface area contributed by atoms with E-state index < -0.39 is 11.8 Å². The van der Waals surface area contributed by atoms with E-state index in [1.807, 2.05) is 74.5 Å². The van der Waals surface area contributed by atoms with Crippen LogP contribution in [0.5, 0.6) is 0 Å². The van der Waals surface area contributed by atoms with Gasteiger partial charge in [-0.15, -0.1) is 0 Å². The van der Waals surface area contributed by atoms with Crippen LogP contribution in [0.25, 0.3) is 22.4 Å². The van der Waals surface area contributed by atoms with E-state index >= 15 is 0 Å². The Hall–Kier alpha value is -4.07. The molecule has 1 fully saturated rings. The van der Waals surface area contributed by atoms with Gasteiger partial charge >= 0.3 is 5.97 Å². The Morgan fingerprint density at radius 3 is 2.16 bits per heavy atom. The van der Waals surface area contributed by atoms with Gasteiger partial charge in [-0.1, -0.05) is 74.5 Å². The van der Waals surface area contributed by atoms with Crippen LogP contribution in [-0.2, 0) is 32.2 Å². The second-order valence-corrected chi connectivity index (χ2v) is 12.5. The lowest BCUT2D eigenvalue weighted by molar-refractivity contribution is -0.300. The molecule has 0 unspecified atom stereocenters. The minimum Gasteiger partial charge on any atom is -0.457 e. The molecule has 0 aliphatic carbocycles. The van der Waals surface area contributed by atoms with Gasteiger partial charge in [0, 0.05) is 30.6 Å². The van der Waals surface area contributed by atoms with Crippen LogP contribution in [0.3, 0.4) is 0 Å². The summed E-state index contributed by atoms with van der Waals surface area (Å²) < 4.78 is 34.7. The van der Waals surface area contributed by atoms with E-state index in [9.17, 15) is 14.0 Å². The first-order valence-electron chi connectivity index (χ1n) is 15.7. The normalized spacial score (nSPS) is 17.8. The third-order valence-electron chi connectivity index (χ3n) is 8.06. The van der Waals surface area contributed by atoms with Gasteiger partial charge in [0.05, 0.1) is 23.5 Å². The summed E-state index contributed by atoms with van der Waals surface area (Å²) in [5.74, 6) is -1.54. The van der Waals surface area contributed by atoms with E-state index in [0.717, 1.165) is 33.6 Å². The van der Waals surface area contributed by atoms with Crippen LogP contribution in [0.15, 0.2) is 84.9 Å². The van der Waals surface area contributed by atoms with E-state index in [4.69, 9.17) is 14.2 Å². The highest BCUT2D eigenvalue weighted by Crippen LogP contribution is 2.43. The van der Waals surface area contributed by atoms with Crippen molar-refractivity contribution in [1.29, 1.82) is 0 Å². The van der Waals surface area contributed by atoms with Crippen LogP contribution >= 0.6 is 0 Å². The number of hydrogen-bond donors (Lipinski definition) is 0. The fourth-order valence-electron chi connectivity index (χ4n) is 6.38. The topological polar surface area (TPSA) is 66.8 Å². The summed E-state index contributed by atoms with van der Waals surface area (Å²) in [5.41, 5.74) is 5.49. The van der Waals surface area contributed by atoms with Crippen molar-refractivity contribution in [3.8, 4) is 22.4 Å². The van der Waals surface area contributed by atoms with Crippen molar-refractivity contribution < 1.29 is 28.2 Å². The lowest BCUT2D eigenvalue weighted by Gasteiger charge is -2.41. The lowest BCUT2D eigenvalue weighted by Crippen LogP contribution is -2.45. The van der Waals surface area contributed by atoms with Gasteiger partial charge < -0.3 is 18.8 Å². The van der Waals surface area contributed by atoms with Gasteiger partial charge in [-0.2, -0.15) is 0 Å². The zero-order valence-corrected chi connectivity index (χ0v) is 26.7. The largest absolute Gasteiger partial charge is 0.457 e. The number of aromatic nitrogens is 1. The van der Waals surface area contributed by atoms with E-state index in [1.165, 1.54) is 12.1 Å². The van der Waals surface area contributed by atoms with Gasteiger partial charge in [0.2, 0.25) is 0 Å². The zero-order valence-electron chi connectivity index (χ0n) is 26.7. The van der Waals surface area contributed by atoms with Crippen molar-refractivity contribution in [2.24, 2.45) is 0 Å². The van der Waals surface area contributed by atoms with Gasteiger partial charge in [0.25, 0.3) is 0 Å². The molecule has 0 amide bonds. The number of Topliss-reactive ketones (excluding diaryl/α,β-unsaturated/α-hetero) is 1. The highest BCUT2D eigenvalue weighted by Gasteiger charge is 2.37. The molecular weight excluding hydrogens is 569 g/mol. The molecule has 0 saturated carbocycles. The molecule has 0 bridgehead atoms. The van der Waals surface area contributed by atoms with Gasteiger partial charge in [0.1, 0.15) is 18.2 Å². The Morgan fingerprint density at radius 1 is 0.911 bits per heavy atom. The maximum atomic E-state index is 14.2. The fourth-order valence-corrected chi connectivity index (χ4v) is 6.38. The number of halogens is 1. The molecular formula is C38H42FNO5. The molecule has 45 heavy (non-hydrogen) atoms. The van der Waals surface area contributed by atoms with Gasteiger partial charge in [-0.25, -0.2) is 9.18 Å². The smallest absolute Gasteiger partial charge is 0.340 e. The molecule has 5 rings (SSSR count). The lowest BCUT2D eigenvalue weighted by atomic mass is 9.95. The first-order valence-corrected chi connectivity index (χ1v) is 15.7. The summed E-state index contributed by atoms with van der Waals surface area (Å²) in [6.45, 7) is 10.1. The third-order valence-corrected chi connectivity index (χ3v) is 8.06. The Balaban J connectivity index is 1.63. The van der Waals surface area contributed by atoms with Crippen LogP contribution < -0.4 is 0 Å². The fraction of sp³-hybridized carbons (Fsp3) is 0.368. The number of carbonyl (C=O) groups excluding carboxylic acids is 2. The molecule has 1 aliphatic rings. The van der Waals surface area contributed by atoms with E-state index in [-0.39, 0.29) is 36.3 Å². The van der Waals surface area contributed by atoms with Crippen molar-refractivity contribution in [1.82, 2.24) is 4.57 Å². The summed E-state index contributed by atoms with van der Waals surface area (Å²) >= 11 is 0. The monoisotopic (exact) mass is 611 g/mol. The molecule has 7 heteroatoms. The third kappa shape index (κ3) is 7.78. The minimum atomic E-state index is -0.831. The van der Waals surface area contributed by atoms with E-state index in [2.05, 4.69) is 18.4 Å². The first kappa shape index (κ1) is 32.3. The Morgan fingerprint density at radius 2 is 1.53 bits per heavy atom. The van der Waals surface area contributed by atoms with Crippen LogP contribution in [0.2, 0.25) is 0 Å². The number of nitrogens with zero attached hydrogens (tertiary/aromatic N) is 1. The summed E-state index contributed by atoms with van der Waals surface area (Å²) in [7, 11) is 0. The zero-order chi connectivity index (χ0) is 32.1.